The van der Waals surface area contributed by atoms with Crippen LogP contribution in [-0.2, 0) is 23.2 Å². The number of H-pyrrole nitrogens is 1. The van der Waals surface area contributed by atoms with Crippen molar-refractivity contribution in [2.75, 3.05) is 0 Å². The van der Waals surface area contributed by atoms with Gasteiger partial charge in [0.15, 0.2) is 0 Å². The predicted molar refractivity (Wildman–Crippen MR) is 147 cm³/mol. The van der Waals surface area contributed by atoms with Gasteiger partial charge in [0, 0.05) is 53.8 Å². The summed E-state index contributed by atoms with van der Waals surface area (Å²) in [4.78, 5) is 31.1. The molecule has 3 heterocycles. The predicted octanol–water partition coefficient (Wildman–Crippen LogP) is 4.81. The molecule has 1 aliphatic carbocycles. The molecule has 1 N–H and O–H groups in total. The average molecular weight is 516 g/mol. The van der Waals surface area contributed by atoms with Gasteiger partial charge in [-0.15, -0.1) is 10.2 Å². The molecule has 0 bridgehead atoms. The molecule has 2 aromatic heterocycles. The zero-order chi connectivity index (χ0) is 26.5. The van der Waals surface area contributed by atoms with Gasteiger partial charge in [0.05, 0.1) is 0 Å². The first-order valence-electron chi connectivity index (χ1n) is 13.9. The number of aryl methyl sites for hydroxylation is 1. The number of imidazole rings is 1. The second-order valence-corrected chi connectivity index (χ2v) is 10.7. The van der Waals surface area contributed by atoms with Crippen molar-refractivity contribution in [2.24, 2.45) is 10.9 Å². The van der Waals surface area contributed by atoms with Gasteiger partial charge >= 0.3 is 5.69 Å². The van der Waals surface area contributed by atoms with E-state index in [-0.39, 0.29) is 23.4 Å². The van der Waals surface area contributed by atoms with E-state index in [2.05, 4.69) is 50.7 Å². The summed E-state index contributed by atoms with van der Waals surface area (Å²) in [5.74, 6) is 0.617. The van der Waals surface area contributed by atoms with Gasteiger partial charge in [-0.1, -0.05) is 56.9 Å². The molecular formula is C29H37N7O2. The normalized spacial score (nSPS) is 23.4. The number of aliphatic imine (C=N–C) groups is 1. The number of tetrazole rings is 1. The van der Waals surface area contributed by atoms with Crippen LogP contribution in [-0.4, -0.2) is 41.8 Å². The second-order valence-electron chi connectivity index (χ2n) is 10.7. The fraction of sp³-hybridized carbons (Fsp3) is 0.517. The standard InChI is InChI=1S/C29H37N7O2/c1-3-4-11-24-19-35(26-13-7-5-6-12-25(26)21(2)37)28(38)36(24)20-29(14-16-30-17-15-29)23-10-8-9-22(18-23)27-31-33-34-32-27/h8-10,14,16-19,25-26H,3-7,11-13,15,20H2,1-2H3,(H,31,32,33,34). The molecule has 1 aromatic carbocycles. The van der Waals surface area contributed by atoms with Crippen molar-refractivity contribution < 1.29 is 4.79 Å². The third-order valence-electron chi connectivity index (χ3n) is 8.25. The lowest BCUT2D eigenvalue weighted by molar-refractivity contribution is -0.122. The van der Waals surface area contributed by atoms with Crippen LogP contribution in [0, 0.1) is 5.92 Å². The Morgan fingerprint density at radius 3 is 2.82 bits per heavy atom. The molecule has 0 radical (unpaired) electrons. The van der Waals surface area contributed by atoms with Crippen LogP contribution in [0.3, 0.4) is 0 Å². The van der Waals surface area contributed by atoms with E-state index in [9.17, 15) is 9.59 Å². The summed E-state index contributed by atoms with van der Waals surface area (Å²) in [6.07, 6.45) is 16.4. The number of benzene rings is 1. The van der Waals surface area contributed by atoms with Gasteiger partial charge in [0.1, 0.15) is 5.78 Å². The Bertz CT molecular complexity index is 1370. The van der Waals surface area contributed by atoms with E-state index in [0.29, 0.717) is 18.8 Å². The molecule has 5 rings (SSSR count). The minimum absolute atomic E-state index is 0.0149. The maximum Gasteiger partial charge on any atom is 0.328 e. The average Bonchev–Trinajstić information content (AvgIpc) is 3.50. The van der Waals surface area contributed by atoms with E-state index < -0.39 is 5.41 Å². The third-order valence-corrected chi connectivity index (χ3v) is 8.25. The van der Waals surface area contributed by atoms with E-state index in [1.807, 2.05) is 39.9 Å². The molecule has 3 aromatic rings. The number of aromatic amines is 1. The summed E-state index contributed by atoms with van der Waals surface area (Å²) < 4.78 is 3.86. The molecule has 1 aliphatic heterocycles. The lowest BCUT2D eigenvalue weighted by atomic mass is 9.76. The lowest BCUT2D eigenvalue weighted by Crippen LogP contribution is -2.39. The monoisotopic (exact) mass is 515 g/mol. The molecule has 3 unspecified atom stereocenters. The molecule has 9 nitrogen and oxygen atoms in total. The Morgan fingerprint density at radius 1 is 1.21 bits per heavy atom. The molecule has 3 atom stereocenters. The first-order valence-corrected chi connectivity index (χ1v) is 13.9. The molecule has 200 valence electrons. The number of Topliss-reactive ketones (excluding diaryl/α,β-unsaturated/α-hetero) is 1. The van der Waals surface area contributed by atoms with Crippen molar-refractivity contribution in [3.63, 3.8) is 0 Å². The molecule has 1 fully saturated rings. The number of unbranched alkanes of at least 4 members (excludes halogenated alkanes) is 1. The molecule has 9 heteroatoms. The molecule has 1 saturated carbocycles. The Balaban J connectivity index is 1.58. The van der Waals surface area contributed by atoms with Crippen LogP contribution in [0.4, 0.5) is 0 Å². The first kappa shape index (κ1) is 26.0. The van der Waals surface area contributed by atoms with Crippen molar-refractivity contribution in [3.05, 3.63) is 64.5 Å². The van der Waals surface area contributed by atoms with E-state index in [4.69, 9.17) is 0 Å². The third kappa shape index (κ3) is 5.19. The summed E-state index contributed by atoms with van der Waals surface area (Å²) in [5.41, 5.74) is 2.50. The number of ketones is 1. The number of hydrogen-bond donors (Lipinski definition) is 1. The maximum absolute atomic E-state index is 14.2. The van der Waals surface area contributed by atoms with E-state index in [0.717, 1.165) is 68.2 Å². The van der Waals surface area contributed by atoms with Crippen molar-refractivity contribution in [3.8, 4) is 11.4 Å². The summed E-state index contributed by atoms with van der Waals surface area (Å²) in [5, 5.41) is 14.5. The summed E-state index contributed by atoms with van der Waals surface area (Å²) in [7, 11) is 0. The Hall–Kier alpha value is -3.62. The smallest absolute Gasteiger partial charge is 0.300 e. The minimum atomic E-state index is -0.456. The molecule has 0 spiro atoms. The van der Waals surface area contributed by atoms with Crippen LogP contribution in [0.25, 0.3) is 11.4 Å². The van der Waals surface area contributed by atoms with Crippen LogP contribution in [0.1, 0.15) is 82.5 Å². The quantitative estimate of drug-likeness (QED) is 0.411. The fourth-order valence-electron chi connectivity index (χ4n) is 6.09. The van der Waals surface area contributed by atoms with Gasteiger partial charge in [-0.25, -0.2) is 4.79 Å². The number of allylic oxidation sites excluding steroid dienone is 1. The Labute approximate surface area is 223 Å². The number of nitrogens with zero attached hydrogens (tertiary/aromatic N) is 6. The van der Waals surface area contributed by atoms with Crippen molar-refractivity contribution in [2.45, 2.75) is 89.6 Å². The van der Waals surface area contributed by atoms with Gasteiger partial charge < -0.3 is 0 Å². The van der Waals surface area contributed by atoms with Crippen LogP contribution < -0.4 is 5.69 Å². The van der Waals surface area contributed by atoms with Crippen molar-refractivity contribution in [1.29, 1.82) is 0 Å². The molecule has 0 saturated heterocycles. The van der Waals surface area contributed by atoms with Crippen LogP contribution in [0.15, 0.2) is 52.5 Å². The van der Waals surface area contributed by atoms with Crippen molar-refractivity contribution >= 4 is 12.0 Å². The largest absolute Gasteiger partial charge is 0.328 e. The number of nitrogens with one attached hydrogen (secondary N) is 1. The van der Waals surface area contributed by atoms with Crippen LogP contribution >= 0.6 is 0 Å². The Kier molecular flexibility index (Phi) is 7.81. The second kappa shape index (κ2) is 11.4. The summed E-state index contributed by atoms with van der Waals surface area (Å²) >= 11 is 0. The summed E-state index contributed by atoms with van der Waals surface area (Å²) in [6, 6.07) is 8.06. The highest BCUT2D eigenvalue weighted by atomic mass is 16.2. The van der Waals surface area contributed by atoms with Crippen LogP contribution in [0.2, 0.25) is 0 Å². The fourth-order valence-corrected chi connectivity index (χ4v) is 6.09. The van der Waals surface area contributed by atoms with Gasteiger partial charge in [-0.05, 0) is 55.9 Å². The van der Waals surface area contributed by atoms with Crippen molar-refractivity contribution in [1.82, 2.24) is 29.8 Å². The van der Waals surface area contributed by atoms with E-state index >= 15 is 0 Å². The molecule has 2 aliphatic rings. The SMILES string of the molecule is CCCCc1cn(C2CCCCCC2C(C)=O)c(=O)n1CC1(c2cccc(-c3nn[nH]n3)c2)C=CN=CC1. The minimum Gasteiger partial charge on any atom is -0.300 e. The summed E-state index contributed by atoms with van der Waals surface area (Å²) in [6.45, 7) is 4.34. The van der Waals surface area contributed by atoms with Gasteiger partial charge in [0.25, 0.3) is 0 Å². The number of carbonyl (C=O) groups excluding carboxylic acids is 1. The number of carbonyl (C=O) groups is 1. The molecular weight excluding hydrogens is 478 g/mol. The van der Waals surface area contributed by atoms with Gasteiger partial charge in [-0.3, -0.25) is 18.9 Å². The van der Waals surface area contributed by atoms with E-state index in [1.54, 1.807) is 6.92 Å². The number of rotatable bonds is 9. The Morgan fingerprint density at radius 2 is 2.08 bits per heavy atom. The topological polar surface area (TPSA) is 111 Å². The highest BCUT2D eigenvalue weighted by molar-refractivity contribution is 5.78. The first-order chi connectivity index (χ1) is 18.5. The number of aromatic nitrogens is 6. The molecule has 38 heavy (non-hydrogen) atoms. The van der Waals surface area contributed by atoms with Gasteiger partial charge in [-0.2, -0.15) is 5.21 Å². The zero-order valence-corrected chi connectivity index (χ0v) is 22.3. The highest BCUT2D eigenvalue weighted by Gasteiger charge is 2.35. The zero-order valence-electron chi connectivity index (χ0n) is 22.3. The molecule has 0 amide bonds. The van der Waals surface area contributed by atoms with Crippen LogP contribution in [0.5, 0.6) is 0 Å². The highest BCUT2D eigenvalue weighted by Crippen LogP contribution is 2.36. The van der Waals surface area contributed by atoms with Gasteiger partial charge in [0.2, 0.25) is 5.82 Å². The maximum atomic E-state index is 14.2. The lowest BCUT2D eigenvalue weighted by Gasteiger charge is -2.32. The number of hydrogen-bond acceptors (Lipinski definition) is 6. The van der Waals surface area contributed by atoms with E-state index in [1.165, 1.54) is 0 Å².